The number of anilines is 1. The van der Waals surface area contributed by atoms with E-state index < -0.39 is 9.84 Å². The largest absolute Gasteiger partial charge is 0.367 e. The molecule has 4 nitrogen and oxygen atoms in total. The fourth-order valence-corrected chi connectivity index (χ4v) is 4.48. The van der Waals surface area contributed by atoms with Gasteiger partial charge in [-0.1, -0.05) is 24.6 Å². The van der Waals surface area contributed by atoms with Crippen LogP contribution in [0.25, 0.3) is 0 Å². The molecule has 2 atom stereocenters. The molecule has 2 rings (SSSR count). The summed E-state index contributed by atoms with van der Waals surface area (Å²) in [6.07, 6.45) is 1.69. The van der Waals surface area contributed by atoms with Crippen LogP contribution < -0.4 is 10.6 Å². The molecule has 1 aliphatic rings. The zero-order valence-corrected chi connectivity index (χ0v) is 14.1. The third-order valence-electron chi connectivity index (χ3n) is 4.03. The Morgan fingerprint density at radius 2 is 2.19 bits per heavy atom. The van der Waals surface area contributed by atoms with Crippen molar-refractivity contribution < 1.29 is 8.42 Å². The molecule has 21 heavy (non-hydrogen) atoms. The molecule has 0 bridgehead atoms. The molecular formula is C15H23ClN2O2S. The van der Waals surface area contributed by atoms with Gasteiger partial charge in [-0.25, -0.2) is 8.42 Å². The van der Waals surface area contributed by atoms with Crippen molar-refractivity contribution in [3.8, 4) is 0 Å². The summed E-state index contributed by atoms with van der Waals surface area (Å²) >= 11 is 6.13. The van der Waals surface area contributed by atoms with E-state index in [0.29, 0.717) is 11.6 Å². The Morgan fingerprint density at radius 3 is 2.81 bits per heavy atom. The van der Waals surface area contributed by atoms with Crippen LogP contribution in [0.1, 0.15) is 25.8 Å². The SMILES string of the molecule is CCC(N)Cc1ccc(Cl)cc1N1CCS(=O)(=O)CC1C. The fraction of sp³-hybridized carbons (Fsp3) is 0.600. The quantitative estimate of drug-likeness (QED) is 0.919. The van der Waals surface area contributed by atoms with Gasteiger partial charge in [0.05, 0.1) is 11.5 Å². The Kier molecular flexibility index (Phi) is 5.17. The Balaban J connectivity index is 2.31. The van der Waals surface area contributed by atoms with Crippen LogP contribution in [-0.4, -0.2) is 38.6 Å². The fourth-order valence-electron chi connectivity index (χ4n) is 2.76. The molecule has 0 amide bonds. The maximum Gasteiger partial charge on any atom is 0.154 e. The molecule has 118 valence electrons. The van der Waals surface area contributed by atoms with E-state index in [2.05, 4.69) is 11.8 Å². The summed E-state index contributed by atoms with van der Waals surface area (Å²) in [5.41, 5.74) is 8.23. The molecule has 1 aliphatic heterocycles. The Bertz CT molecular complexity index is 604. The van der Waals surface area contributed by atoms with Crippen molar-refractivity contribution >= 4 is 27.1 Å². The second kappa shape index (κ2) is 6.55. The molecule has 1 aromatic carbocycles. The van der Waals surface area contributed by atoms with Crippen molar-refractivity contribution in [2.24, 2.45) is 5.73 Å². The second-order valence-electron chi connectivity index (χ2n) is 5.80. The third kappa shape index (κ3) is 4.11. The van der Waals surface area contributed by atoms with Crippen LogP contribution in [0.4, 0.5) is 5.69 Å². The predicted octanol–water partition coefficient (Wildman–Crippen LogP) is 2.24. The lowest BCUT2D eigenvalue weighted by Gasteiger charge is -2.36. The van der Waals surface area contributed by atoms with E-state index in [1.807, 2.05) is 25.1 Å². The standard InChI is InChI=1S/C15H23ClN2O2S/c1-3-14(17)8-12-4-5-13(16)9-15(12)18-6-7-21(19,20)10-11(18)2/h4-5,9,11,14H,3,6-8,10,17H2,1-2H3. The Labute approximate surface area is 132 Å². The molecule has 6 heteroatoms. The summed E-state index contributed by atoms with van der Waals surface area (Å²) < 4.78 is 23.5. The van der Waals surface area contributed by atoms with Crippen LogP contribution in [0.3, 0.4) is 0 Å². The Morgan fingerprint density at radius 1 is 1.48 bits per heavy atom. The highest BCUT2D eigenvalue weighted by atomic mass is 35.5. The predicted molar refractivity (Wildman–Crippen MR) is 88.9 cm³/mol. The molecule has 0 spiro atoms. The first-order chi connectivity index (χ1) is 9.82. The summed E-state index contributed by atoms with van der Waals surface area (Å²) in [4.78, 5) is 2.14. The monoisotopic (exact) mass is 330 g/mol. The highest BCUT2D eigenvalue weighted by Gasteiger charge is 2.29. The molecule has 1 fully saturated rings. The summed E-state index contributed by atoms with van der Waals surface area (Å²) in [7, 11) is -2.92. The lowest BCUT2D eigenvalue weighted by Crippen LogP contribution is -2.47. The second-order valence-corrected chi connectivity index (χ2v) is 8.47. The third-order valence-corrected chi connectivity index (χ3v) is 6.06. The van der Waals surface area contributed by atoms with E-state index in [4.69, 9.17) is 17.3 Å². The summed E-state index contributed by atoms with van der Waals surface area (Å²) in [6.45, 7) is 4.52. The van der Waals surface area contributed by atoms with Gasteiger partial charge < -0.3 is 10.6 Å². The minimum absolute atomic E-state index is 0.0428. The number of halogens is 1. The minimum Gasteiger partial charge on any atom is -0.367 e. The molecular weight excluding hydrogens is 308 g/mol. The topological polar surface area (TPSA) is 63.4 Å². The average molecular weight is 331 g/mol. The van der Waals surface area contributed by atoms with E-state index in [0.717, 1.165) is 24.1 Å². The molecule has 1 heterocycles. The van der Waals surface area contributed by atoms with Crippen LogP contribution in [0.5, 0.6) is 0 Å². The normalized spacial score (nSPS) is 23.0. The van der Waals surface area contributed by atoms with Crippen molar-refractivity contribution in [3.05, 3.63) is 28.8 Å². The van der Waals surface area contributed by atoms with Gasteiger partial charge in [0, 0.05) is 29.3 Å². The van der Waals surface area contributed by atoms with Gasteiger partial charge in [0.25, 0.3) is 0 Å². The summed E-state index contributed by atoms with van der Waals surface area (Å²) in [6, 6.07) is 5.86. The maximum atomic E-state index is 11.7. The van der Waals surface area contributed by atoms with Crippen LogP contribution in [0.15, 0.2) is 18.2 Å². The van der Waals surface area contributed by atoms with Gasteiger partial charge in [-0.05, 0) is 37.5 Å². The van der Waals surface area contributed by atoms with Gasteiger partial charge in [-0.15, -0.1) is 0 Å². The number of hydrogen-bond acceptors (Lipinski definition) is 4. The molecule has 0 radical (unpaired) electrons. The van der Waals surface area contributed by atoms with E-state index in [1.165, 1.54) is 0 Å². The molecule has 1 aromatic rings. The number of nitrogens with zero attached hydrogens (tertiary/aromatic N) is 1. The number of benzene rings is 1. The highest BCUT2D eigenvalue weighted by Crippen LogP contribution is 2.29. The van der Waals surface area contributed by atoms with Crippen molar-refractivity contribution in [2.45, 2.75) is 38.8 Å². The molecule has 0 saturated carbocycles. The summed E-state index contributed by atoms with van der Waals surface area (Å²) in [5, 5.41) is 0.666. The zero-order valence-electron chi connectivity index (χ0n) is 12.5. The summed E-state index contributed by atoms with van der Waals surface area (Å²) in [5.74, 6) is 0.391. The van der Waals surface area contributed by atoms with E-state index >= 15 is 0 Å². The lowest BCUT2D eigenvalue weighted by molar-refractivity contribution is 0.567. The molecule has 2 unspecified atom stereocenters. The number of hydrogen-bond donors (Lipinski definition) is 1. The first kappa shape index (κ1) is 16.6. The van der Waals surface area contributed by atoms with Gasteiger partial charge in [-0.3, -0.25) is 0 Å². The van der Waals surface area contributed by atoms with Crippen LogP contribution in [0.2, 0.25) is 5.02 Å². The molecule has 2 N–H and O–H groups in total. The number of sulfone groups is 1. The molecule has 0 aliphatic carbocycles. The first-order valence-electron chi connectivity index (χ1n) is 7.33. The van der Waals surface area contributed by atoms with Gasteiger partial charge in [0.1, 0.15) is 0 Å². The number of rotatable bonds is 4. The maximum absolute atomic E-state index is 11.7. The molecule has 1 saturated heterocycles. The number of nitrogens with two attached hydrogens (primary N) is 1. The van der Waals surface area contributed by atoms with Crippen molar-refractivity contribution in [1.29, 1.82) is 0 Å². The zero-order chi connectivity index (χ0) is 15.6. The molecule has 0 aromatic heterocycles. The van der Waals surface area contributed by atoms with Crippen LogP contribution in [0, 0.1) is 0 Å². The van der Waals surface area contributed by atoms with Crippen molar-refractivity contribution in [3.63, 3.8) is 0 Å². The lowest BCUT2D eigenvalue weighted by atomic mass is 10.0. The van der Waals surface area contributed by atoms with Crippen molar-refractivity contribution in [2.75, 3.05) is 23.0 Å². The average Bonchev–Trinajstić information content (AvgIpc) is 2.40. The Hall–Kier alpha value is -0.780. The first-order valence-corrected chi connectivity index (χ1v) is 9.53. The van der Waals surface area contributed by atoms with E-state index in [9.17, 15) is 8.42 Å². The van der Waals surface area contributed by atoms with Gasteiger partial charge in [-0.2, -0.15) is 0 Å². The minimum atomic E-state index is -2.92. The van der Waals surface area contributed by atoms with Gasteiger partial charge in [0.15, 0.2) is 9.84 Å². The smallest absolute Gasteiger partial charge is 0.154 e. The van der Waals surface area contributed by atoms with E-state index in [-0.39, 0.29) is 23.6 Å². The van der Waals surface area contributed by atoms with Crippen LogP contribution in [-0.2, 0) is 16.3 Å². The van der Waals surface area contributed by atoms with Gasteiger partial charge >= 0.3 is 0 Å². The van der Waals surface area contributed by atoms with E-state index in [1.54, 1.807) is 0 Å². The van der Waals surface area contributed by atoms with Crippen LogP contribution >= 0.6 is 11.6 Å². The van der Waals surface area contributed by atoms with Gasteiger partial charge in [0.2, 0.25) is 0 Å². The highest BCUT2D eigenvalue weighted by molar-refractivity contribution is 7.91. The van der Waals surface area contributed by atoms with Crippen molar-refractivity contribution in [1.82, 2.24) is 0 Å².